The van der Waals surface area contributed by atoms with Crippen molar-refractivity contribution in [3.8, 4) is 0 Å². The maximum absolute atomic E-state index is 5.96. The highest BCUT2D eigenvalue weighted by molar-refractivity contribution is 7.98. The Hall–Kier alpha value is -0.870. The molecule has 0 atom stereocenters. The van der Waals surface area contributed by atoms with E-state index in [2.05, 4.69) is 34.9 Å². The Labute approximate surface area is 125 Å². The number of hydrogen-bond acceptors (Lipinski definition) is 2. The van der Waals surface area contributed by atoms with Crippen LogP contribution >= 0.6 is 23.4 Å². The zero-order chi connectivity index (χ0) is 13.9. The zero-order valence-corrected chi connectivity index (χ0v) is 13.2. The van der Waals surface area contributed by atoms with Crippen LogP contribution in [0.3, 0.4) is 0 Å². The maximum Gasteiger partial charge on any atom is 0.191 e. The Bertz CT molecular complexity index is 396. The van der Waals surface area contributed by atoms with Gasteiger partial charge in [-0.25, -0.2) is 0 Å². The van der Waals surface area contributed by atoms with Crippen LogP contribution in [0.5, 0.6) is 0 Å². The van der Waals surface area contributed by atoms with Crippen molar-refractivity contribution in [2.24, 2.45) is 4.99 Å². The van der Waals surface area contributed by atoms with E-state index in [-0.39, 0.29) is 0 Å². The molecule has 1 aromatic carbocycles. The Balaban J connectivity index is 2.37. The minimum absolute atomic E-state index is 0.790. The third kappa shape index (κ3) is 7.33. The lowest BCUT2D eigenvalue weighted by atomic mass is 10.1. The van der Waals surface area contributed by atoms with E-state index in [4.69, 9.17) is 11.6 Å². The van der Waals surface area contributed by atoms with Crippen LogP contribution in [-0.2, 0) is 6.42 Å². The average molecular weight is 300 g/mol. The molecule has 0 aromatic heterocycles. The number of halogens is 1. The predicted molar refractivity (Wildman–Crippen MR) is 87.5 cm³/mol. The monoisotopic (exact) mass is 299 g/mol. The van der Waals surface area contributed by atoms with Crippen molar-refractivity contribution < 1.29 is 0 Å². The van der Waals surface area contributed by atoms with Crippen molar-refractivity contribution >= 4 is 29.3 Å². The van der Waals surface area contributed by atoms with Crippen LogP contribution in [-0.4, -0.2) is 37.6 Å². The first-order valence-corrected chi connectivity index (χ1v) is 8.29. The Morgan fingerprint density at radius 2 is 2.21 bits per heavy atom. The molecule has 3 nitrogen and oxygen atoms in total. The summed E-state index contributed by atoms with van der Waals surface area (Å²) < 4.78 is 0. The third-order valence-electron chi connectivity index (χ3n) is 2.50. The highest BCUT2D eigenvalue weighted by Crippen LogP contribution is 2.10. The number of rotatable bonds is 7. The number of hydrogen-bond donors (Lipinski definition) is 2. The minimum atomic E-state index is 0.790. The van der Waals surface area contributed by atoms with Gasteiger partial charge in [-0.05, 0) is 37.3 Å². The molecule has 0 aliphatic carbocycles. The highest BCUT2D eigenvalue weighted by atomic mass is 35.5. The largest absolute Gasteiger partial charge is 0.357 e. The SMILES string of the molecule is CCNC(=NCCSC)NCCc1cccc(Cl)c1. The fraction of sp³-hybridized carbons (Fsp3) is 0.500. The lowest BCUT2D eigenvalue weighted by Crippen LogP contribution is -2.38. The lowest BCUT2D eigenvalue weighted by molar-refractivity contribution is 0.804. The van der Waals surface area contributed by atoms with Gasteiger partial charge < -0.3 is 10.6 Å². The van der Waals surface area contributed by atoms with Gasteiger partial charge in [0.25, 0.3) is 0 Å². The van der Waals surface area contributed by atoms with Gasteiger partial charge in [-0.3, -0.25) is 4.99 Å². The molecule has 0 bridgehead atoms. The van der Waals surface area contributed by atoms with E-state index >= 15 is 0 Å². The standard InChI is InChI=1S/C14H22ClN3S/c1-3-16-14(18-9-10-19-2)17-8-7-12-5-4-6-13(15)11-12/h4-6,11H,3,7-10H2,1-2H3,(H2,16,17,18). The van der Waals surface area contributed by atoms with E-state index in [0.29, 0.717) is 0 Å². The Morgan fingerprint density at radius 3 is 2.89 bits per heavy atom. The molecule has 5 heteroatoms. The fourth-order valence-corrected chi connectivity index (χ4v) is 2.09. The molecule has 0 amide bonds. The number of benzene rings is 1. The van der Waals surface area contributed by atoms with Gasteiger partial charge in [0.1, 0.15) is 0 Å². The van der Waals surface area contributed by atoms with Crippen molar-refractivity contribution in [2.45, 2.75) is 13.3 Å². The van der Waals surface area contributed by atoms with E-state index in [1.165, 1.54) is 5.56 Å². The van der Waals surface area contributed by atoms with Crippen LogP contribution in [0.2, 0.25) is 5.02 Å². The molecule has 0 spiro atoms. The molecule has 0 radical (unpaired) electrons. The quantitative estimate of drug-likeness (QED) is 0.462. The number of nitrogens with one attached hydrogen (secondary N) is 2. The van der Waals surface area contributed by atoms with Gasteiger partial charge in [0.15, 0.2) is 5.96 Å². The molecule has 0 aliphatic heterocycles. The second-order valence-corrected chi connectivity index (χ2v) is 5.48. The van der Waals surface area contributed by atoms with Crippen LogP contribution in [0.1, 0.15) is 12.5 Å². The highest BCUT2D eigenvalue weighted by Gasteiger charge is 1.98. The number of nitrogens with zero attached hydrogens (tertiary/aromatic N) is 1. The molecular weight excluding hydrogens is 278 g/mol. The molecule has 1 rings (SSSR count). The van der Waals surface area contributed by atoms with Gasteiger partial charge in [-0.15, -0.1) is 0 Å². The molecule has 0 heterocycles. The van der Waals surface area contributed by atoms with Crippen molar-refractivity contribution in [2.75, 3.05) is 31.6 Å². The Morgan fingerprint density at radius 1 is 1.37 bits per heavy atom. The molecule has 106 valence electrons. The maximum atomic E-state index is 5.96. The van der Waals surface area contributed by atoms with E-state index in [1.54, 1.807) is 11.8 Å². The summed E-state index contributed by atoms with van der Waals surface area (Å²) in [6, 6.07) is 7.97. The summed E-state index contributed by atoms with van der Waals surface area (Å²) in [4.78, 5) is 4.50. The Kier molecular flexibility index (Phi) is 8.50. The van der Waals surface area contributed by atoms with E-state index in [1.807, 2.05) is 18.2 Å². The molecule has 1 aromatic rings. The molecule has 0 fully saturated rings. The summed E-state index contributed by atoms with van der Waals surface area (Å²) in [5, 5.41) is 7.37. The third-order valence-corrected chi connectivity index (χ3v) is 3.33. The second-order valence-electron chi connectivity index (χ2n) is 4.06. The van der Waals surface area contributed by atoms with Crippen molar-refractivity contribution in [3.05, 3.63) is 34.9 Å². The van der Waals surface area contributed by atoms with Gasteiger partial charge >= 0.3 is 0 Å². The van der Waals surface area contributed by atoms with E-state index in [9.17, 15) is 0 Å². The fourth-order valence-electron chi connectivity index (χ4n) is 1.61. The van der Waals surface area contributed by atoms with Crippen LogP contribution in [0.15, 0.2) is 29.3 Å². The number of guanidine groups is 1. The first-order chi connectivity index (χ1) is 9.26. The van der Waals surface area contributed by atoms with E-state index < -0.39 is 0 Å². The van der Waals surface area contributed by atoms with Gasteiger partial charge in [-0.1, -0.05) is 23.7 Å². The van der Waals surface area contributed by atoms with Gasteiger partial charge in [-0.2, -0.15) is 11.8 Å². The molecule has 0 saturated carbocycles. The first kappa shape index (κ1) is 16.2. The normalized spacial score (nSPS) is 11.4. The van der Waals surface area contributed by atoms with Crippen molar-refractivity contribution in [1.82, 2.24) is 10.6 Å². The molecule has 19 heavy (non-hydrogen) atoms. The van der Waals surface area contributed by atoms with E-state index in [0.717, 1.165) is 42.8 Å². The summed E-state index contributed by atoms with van der Waals surface area (Å²) in [5.41, 5.74) is 1.24. The molecule has 0 aliphatic rings. The number of thioether (sulfide) groups is 1. The smallest absolute Gasteiger partial charge is 0.191 e. The van der Waals surface area contributed by atoms with Crippen LogP contribution < -0.4 is 10.6 Å². The molecule has 2 N–H and O–H groups in total. The lowest BCUT2D eigenvalue weighted by Gasteiger charge is -2.11. The summed E-state index contributed by atoms with van der Waals surface area (Å²) in [6.45, 7) is 4.64. The summed E-state index contributed by atoms with van der Waals surface area (Å²) in [6.07, 6.45) is 3.03. The first-order valence-electron chi connectivity index (χ1n) is 6.51. The predicted octanol–water partition coefficient (Wildman–Crippen LogP) is 2.80. The van der Waals surface area contributed by atoms with Crippen LogP contribution in [0.4, 0.5) is 0 Å². The van der Waals surface area contributed by atoms with Crippen LogP contribution in [0.25, 0.3) is 0 Å². The zero-order valence-electron chi connectivity index (χ0n) is 11.6. The second kappa shape index (κ2) is 9.98. The molecular formula is C14H22ClN3S. The van der Waals surface area contributed by atoms with Crippen molar-refractivity contribution in [1.29, 1.82) is 0 Å². The summed E-state index contributed by atoms with van der Waals surface area (Å²) in [7, 11) is 0. The molecule has 0 unspecified atom stereocenters. The van der Waals surface area contributed by atoms with Crippen LogP contribution in [0, 0.1) is 0 Å². The minimum Gasteiger partial charge on any atom is -0.357 e. The van der Waals surface area contributed by atoms with Gasteiger partial charge in [0.05, 0.1) is 6.54 Å². The summed E-state index contributed by atoms with van der Waals surface area (Å²) >= 11 is 7.77. The van der Waals surface area contributed by atoms with Gasteiger partial charge in [0.2, 0.25) is 0 Å². The average Bonchev–Trinajstić information content (AvgIpc) is 2.39. The van der Waals surface area contributed by atoms with Gasteiger partial charge in [0, 0.05) is 23.9 Å². The summed E-state index contributed by atoms with van der Waals surface area (Å²) in [5.74, 6) is 1.93. The number of aliphatic imine (C=N–C) groups is 1. The topological polar surface area (TPSA) is 36.4 Å². The van der Waals surface area contributed by atoms with Crippen molar-refractivity contribution in [3.63, 3.8) is 0 Å². The molecule has 0 saturated heterocycles.